The van der Waals surface area contributed by atoms with E-state index in [0.717, 1.165) is 18.4 Å². The summed E-state index contributed by atoms with van der Waals surface area (Å²) in [7, 11) is 0. The molecule has 6 rings (SSSR count). The molecular weight excluding hydrogens is 587 g/mol. The van der Waals surface area contributed by atoms with E-state index >= 15 is 0 Å². The van der Waals surface area contributed by atoms with Gasteiger partial charge in [-0.2, -0.15) is 0 Å². The van der Waals surface area contributed by atoms with Crippen molar-refractivity contribution in [2.45, 2.75) is 36.9 Å². The Morgan fingerprint density at radius 2 is 1.67 bits per heavy atom. The highest BCUT2D eigenvalue weighted by atomic mass is 35.5. The Morgan fingerprint density at radius 1 is 0.930 bits per heavy atom. The number of hydrogen-bond acceptors (Lipinski definition) is 5. The Kier molecular flexibility index (Phi) is 8.70. The zero-order chi connectivity index (χ0) is 29.9. The topological polar surface area (TPSA) is 75.7 Å². The number of nitrogens with one attached hydrogen (secondary N) is 1. The highest BCUT2D eigenvalue weighted by molar-refractivity contribution is 7.12. The molecule has 220 valence electrons. The fourth-order valence-electron chi connectivity index (χ4n) is 6.30. The lowest BCUT2D eigenvalue weighted by Crippen LogP contribution is -2.50. The minimum absolute atomic E-state index is 0.117. The Morgan fingerprint density at radius 3 is 2.33 bits per heavy atom. The first kappa shape index (κ1) is 29.2. The molecule has 1 aromatic heterocycles. The normalized spacial score (nSPS) is 23.3. The SMILES string of the molecule is O=C(c1cccs1)C1C(c2ccc(Cl)cc2)C(C(=O)NCC2CCCO2)N(C(=O)c2ccc(F)cc2)C1c1ccccc1. The minimum Gasteiger partial charge on any atom is -0.376 e. The van der Waals surface area contributed by atoms with Crippen molar-refractivity contribution in [2.24, 2.45) is 5.92 Å². The van der Waals surface area contributed by atoms with Crippen LogP contribution >= 0.6 is 22.9 Å². The molecule has 2 aliphatic heterocycles. The first-order valence-electron chi connectivity index (χ1n) is 14.3. The van der Waals surface area contributed by atoms with E-state index in [1.807, 2.05) is 53.9 Å². The van der Waals surface area contributed by atoms with Crippen LogP contribution in [-0.2, 0) is 9.53 Å². The Labute approximate surface area is 258 Å². The van der Waals surface area contributed by atoms with Crippen LogP contribution < -0.4 is 5.32 Å². The molecule has 0 spiro atoms. The molecule has 5 atom stereocenters. The number of thiophene rings is 1. The number of nitrogens with zero attached hydrogens (tertiary/aromatic N) is 1. The van der Waals surface area contributed by atoms with Gasteiger partial charge in [-0.1, -0.05) is 60.1 Å². The summed E-state index contributed by atoms with van der Waals surface area (Å²) in [6.07, 6.45) is 1.63. The van der Waals surface area contributed by atoms with Gasteiger partial charge in [0.1, 0.15) is 11.9 Å². The van der Waals surface area contributed by atoms with E-state index in [9.17, 15) is 18.8 Å². The maximum Gasteiger partial charge on any atom is 0.255 e. The van der Waals surface area contributed by atoms with Gasteiger partial charge in [-0.25, -0.2) is 4.39 Å². The largest absolute Gasteiger partial charge is 0.376 e. The van der Waals surface area contributed by atoms with Gasteiger partial charge in [0.2, 0.25) is 5.91 Å². The summed E-state index contributed by atoms with van der Waals surface area (Å²) in [5.74, 6) is -2.99. The van der Waals surface area contributed by atoms with Crippen LogP contribution in [0, 0.1) is 11.7 Å². The van der Waals surface area contributed by atoms with Gasteiger partial charge < -0.3 is 15.0 Å². The van der Waals surface area contributed by atoms with E-state index in [4.69, 9.17) is 16.3 Å². The van der Waals surface area contributed by atoms with Crippen molar-refractivity contribution in [1.29, 1.82) is 0 Å². The van der Waals surface area contributed by atoms with Crippen LogP contribution in [0.25, 0.3) is 0 Å². The molecule has 0 aliphatic carbocycles. The van der Waals surface area contributed by atoms with Crippen molar-refractivity contribution in [3.8, 4) is 0 Å². The number of ketones is 1. The molecule has 3 aromatic carbocycles. The highest BCUT2D eigenvalue weighted by Gasteiger charge is 2.57. The average molecular weight is 617 g/mol. The Bertz CT molecular complexity index is 1580. The van der Waals surface area contributed by atoms with Crippen molar-refractivity contribution in [3.05, 3.63) is 129 Å². The van der Waals surface area contributed by atoms with Crippen LogP contribution in [0.1, 0.15) is 56.0 Å². The van der Waals surface area contributed by atoms with E-state index in [0.29, 0.717) is 28.6 Å². The molecule has 3 heterocycles. The summed E-state index contributed by atoms with van der Waals surface area (Å²) in [4.78, 5) is 45.3. The second-order valence-electron chi connectivity index (χ2n) is 10.8. The third kappa shape index (κ3) is 6.00. The van der Waals surface area contributed by atoms with Crippen molar-refractivity contribution in [3.63, 3.8) is 0 Å². The molecule has 0 saturated carbocycles. The number of hydrogen-bond donors (Lipinski definition) is 1. The lowest BCUT2D eigenvalue weighted by atomic mass is 9.77. The zero-order valence-corrected chi connectivity index (χ0v) is 24.8. The Balaban J connectivity index is 1.54. The second kappa shape index (κ2) is 12.8. The van der Waals surface area contributed by atoms with Crippen molar-refractivity contribution >= 4 is 40.5 Å². The molecule has 0 bridgehead atoms. The molecule has 6 nitrogen and oxygen atoms in total. The lowest BCUT2D eigenvalue weighted by Gasteiger charge is -2.32. The maximum atomic E-state index is 14.5. The number of Topliss-reactive ketones (excluding diaryl/α,β-unsaturated/α-hetero) is 1. The monoisotopic (exact) mass is 616 g/mol. The summed E-state index contributed by atoms with van der Waals surface area (Å²) in [6.45, 7) is 0.931. The van der Waals surface area contributed by atoms with Crippen LogP contribution in [0.2, 0.25) is 5.02 Å². The third-order valence-electron chi connectivity index (χ3n) is 8.25. The maximum absolute atomic E-state index is 14.5. The minimum atomic E-state index is -1.06. The van der Waals surface area contributed by atoms with Crippen molar-refractivity contribution in [2.75, 3.05) is 13.2 Å². The summed E-state index contributed by atoms with van der Waals surface area (Å²) < 4.78 is 19.7. The second-order valence-corrected chi connectivity index (χ2v) is 12.2. The molecule has 4 aromatic rings. The van der Waals surface area contributed by atoms with Crippen molar-refractivity contribution in [1.82, 2.24) is 10.2 Å². The highest BCUT2D eigenvalue weighted by Crippen LogP contribution is 2.52. The molecule has 43 heavy (non-hydrogen) atoms. The number of benzene rings is 3. The summed E-state index contributed by atoms with van der Waals surface area (Å²) in [6, 6.07) is 23.4. The number of amides is 2. The number of carbonyl (C=O) groups is 3. The van der Waals surface area contributed by atoms with E-state index in [1.54, 1.807) is 18.2 Å². The number of carbonyl (C=O) groups excluding carboxylic acids is 3. The van der Waals surface area contributed by atoms with Gasteiger partial charge in [0.05, 0.1) is 22.9 Å². The van der Waals surface area contributed by atoms with Gasteiger partial charge in [-0.15, -0.1) is 11.3 Å². The quantitative estimate of drug-likeness (QED) is 0.224. The summed E-state index contributed by atoms with van der Waals surface area (Å²) >= 11 is 7.59. The van der Waals surface area contributed by atoms with Gasteiger partial charge >= 0.3 is 0 Å². The standard InChI is InChI=1S/C34H30ClFN2O4S/c35-24-14-10-21(11-15-24)28-29(32(39)27-9-5-19-43-27)30(22-6-2-1-3-7-22)38(34(41)23-12-16-25(36)17-13-23)31(28)33(40)37-20-26-8-4-18-42-26/h1-3,5-7,9-17,19,26,28-31H,4,8,18,20H2,(H,37,40). The molecule has 2 amide bonds. The average Bonchev–Trinajstić information content (AvgIpc) is 3.81. The predicted molar refractivity (Wildman–Crippen MR) is 164 cm³/mol. The van der Waals surface area contributed by atoms with Crippen LogP contribution in [-0.4, -0.2) is 47.8 Å². The van der Waals surface area contributed by atoms with Gasteiger partial charge in [-0.05, 0) is 71.8 Å². The number of ether oxygens (including phenoxy) is 1. The van der Waals surface area contributed by atoms with Crippen LogP contribution in [0.5, 0.6) is 0 Å². The fourth-order valence-corrected chi connectivity index (χ4v) is 7.14. The first-order chi connectivity index (χ1) is 20.9. The van der Waals surface area contributed by atoms with Gasteiger partial charge in [0.15, 0.2) is 5.78 Å². The number of halogens is 2. The lowest BCUT2D eigenvalue weighted by molar-refractivity contribution is -0.126. The molecule has 9 heteroatoms. The summed E-state index contributed by atoms with van der Waals surface area (Å²) in [5.41, 5.74) is 1.66. The van der Waals surface area contributed by atoms with Gasteiger partial charge in [0, 0.05) is 29.7 Å². The molecule has 1 N–H and O–H groups in total. The van der Waals surface area contributed by atoms with Gasteiger partial charge in [-0.3, -0.25) is 14.4 Å². The van der Waals surface area contributed by atoms with E-state index in [1.165, 1.54) is 40.5 Å². The number of likely N-dealkylation sites (tertiary alicyclic amines) is 1. The van der Waals surface area contributed by atoms with E-state index in [-0.39, 0.29) is 23.4 Å². The van der Waals surface area contributed by atoms with Crippen LogP contribution in [0.15, 0.2) is 96.4 Å². The van der Waals surface area contributed by atoms with Crippen molar-refractivity contribution < 1.29 is 23.5 Å². The van der Waals surface area contributed by atoms with Crippen LogP contribution in [0.3, 0.4) is 0 Å². The molecular formula is C34H30ClFN2O4S. The molecule has 2 fully saturated rings. The van der Waals surface area contributed by atoms with E-state index < -0.39 is 35.6 Å². The third-order valence-corrected chi connectivity index (χ3v) is 9.39. The molecule has 2 saturated heterocycles. The van der Waals surface area contributed by atoms with Crippen LogP contribution in [0.4, 0.5) is 4.39 Å². The smallest absolute Gasteiger partial charge is 0.255 e. The number of rotatable bonds is 8. The first-order valence-corrected chi connectivity index (χ1v) is 15.5. The fraction of sp³-hybridized carbons (Fsp3) is 0.265. The molecule has 0 radical (unpaired) electrons. The Hall–Kier alpha value is -3.85. The van der Waals surface area contributed by atoms with Gasteiger partial charge in [0.25, 0.3) is 5.91 Å². The zero-order valence-electron chi connectivity index (χ0n) is 23.2. The van der Waals surface area contributed by atoms with E-state index in [2.05, 4.69) is 5.32 Å². The summed E-state index contributed by atoms with van der Waals surface area (Å²) in [5, 5.41) is 5.39. The molecule has 5 unspecified atom stereocenters. The predicted octanol–water partition coefficient (Wildman–Crippen LogP) is 6.68. The molecule has 2 aliphatic rings.